The monoisotopic (exact) mass is 252 g/mol. The molecule has 2 rings (SSSR count). The Morgan fingerprint density at radius 1 is 1.43 bits per heavy atom. The van der Waals surface area contributed by atoms with Gasteiger partial charge in [-0.15, -0.1) is 0 Å². The molecule has 0 saturated heterocycles. The van der Waals surface area contributed by atoms with E-state index in [4.69, 9.17) is 0 Å². The van der Waals surface area contributed by atoms with Crippen molar-refractivity contribution in [2.75, 3.05) is 0 Å². The van der Waals surface area contributed by atoms with E-state index >= 15 is 0 Å². The van der Waals surface area contributed by atoms with Crippen LogP contribution in [0.15, 0.2) is 22.7 Å². The number of hydrogen-bond acceptors (Lipinski definition) is 1. The molecule has 0 radical (unpaired) electrons. The van der Waals surface area contributed by atoms with E-state index < -0.39 is 0 Å². The van der Waals surface area contributed by atoms with E-state index in [1.54, 1.807) is 0 Å². The summed E-state index contributed by atoms with van der Waals surface area (Å²) in [4.78, 5) is 10.2. The Bertz CT molecular complexity index is 342. The summed E-state index contributed by atoms with van der Waals surface area (Å²) in [5.74, 6) is 0.782. The van der Waals surface area contributed by atoms with Gasteiger partial charge >= 0.3 is 0 Å². The van der Waals surface area contributed by atoms with E-state index in [0.717, 1.165) is 18.6 Å². The molecule has 1 aliphatic rings. The maximum Gasteiger partial charge on any atom is 0.120 e. The van der Waals surface area contributed by atoms with Crippen LogP contribution in [0.2, 0.25) is 0 Å². The zero-order valence-corrected chi connectivity index (χ0v) is 9.59. The van der Waals surface area contributed by atoms with Crippen LogP contribution in [0, 0.1) is 0 Å². The second-order valence-corrected chi connectivity index (χ2v) is 4.69. The summed E-state index contributed by atoms with van der Waals surface area (Å²) in [6.45, 7) is 0. The minimum atomic E-state index is 0.620. The lowest BCUT2D eigenvalue weighted by molar-refractivity contribution is -0.107. The van der Waals surface area contributed by atoms with Crippen molar-refractivity contribution in [3.8, 4) is 0 Å². The maximum atomic E-state index is 10.2. The first-order valence-corrected chi connectivity index (χ1v) is 5.82. The summed E-state index contributed by atoms with van der Waals surface area (Å²) < 4.78 is 1.21. The Hall–Kier alpha value is -0.630. The molecule has 0 N–H and O–H groups in total. The van der Waals surface area contributed by atoms with E-state index in [1.807, 2.05) is 0 Å². The van der Waals surface area contributed by atoms with Crippen molar-refractivity contribution in [2.45, 2.75) is 31.6 Å². The van der Waals surface area contributed by atoms with Crippen LogP contribution >= 0.6 is 15.9 Å². The third kappa shape index (κ3) is 2.24. The highest BCUT2D eigenvalue weighted by molar-refractivity contribution is 9.10. The third-order valence-electron chi connectivity index (χ3n) is 2.63. The van der Waals surface area contributed by atoms with E-state index in [-0.39, 0.29) is 0 Å². The van der Waals surface area contributed by atoms with E-state index in [2.05, 4.69) is 34.1 Å². The van der Waals surface area contributed by atoms with Crippen molar-refractivity contribution >= 4 is 22.2 Å². The molecule has 2 heteroatoms. The van der Waals surface area contributed by atoms with Crippen LogP contribution in [0.3, 0.4) is 0 Å². The first kappa shape index (κ1) is 9.91. The van der Waals surface area contributed by atoms with Crippen molar-refractivity contribution in [1.29, 1.82) is 0 Å². The highest BCUT2D eigenvalue weighted by atomic mass is 79.9. The van der Waals surface area contributed by atoms with Gasteiger partial charge in [0, 0.05) is 10.9 Å². The first-order chi connectivity index (χ1) is 6.81. The summed E-state index contributed by atoms with van der Waals surface area (Å²) in [5.41, 5.74) is 2.67. The first-order valence-electron chi connectivity index (χ1n) is 5.03. The zero-order chi connectivity index (χ0) is 9.97. The summed E-state index contributed by atoms with van der Waals surface area (Å²) in [6, 6.07) is 6.49. The van der Waals surface area contributed by atoms with Crippen molar-refractivity contribution in [3.05, 3.63) is 33.8 Å². The molecule has 1 aliphatic carbocycles. The quantitative estimate of drug-likeness (QED) is 0.751. The fourth-order valence-electron chi connectivity index (χ4n) is 1.68. The largest absolute Gasteiger partial charge is 0.303 e. The number of rotatable bonds is 4. The number of halogens is 1. The van der Waals surface area contributed by atoms with Gasteiger partial charge in [0.05, 0.1) is 0 Å². The molecule has 0 bridgehead atoms. The molecule has 1 nitrogen and oxygen atoms in total. The average Bonchev–Trinajstić information content (AvgIpc) is 2.98. The molecular weight excluding hydrogens is 240 g/mol. The highest BCUT2D eigenvalue weighted by Crippen LogP contribution is 2.43. The molecule has 0 heterocycles. The van der Waals surface area contributed by atoms with E-state index in [0.29, 0.717) is 6.42 Å². The highest BCUT2D eigenvalue weighted by Gasteiger charge is 2.25. The SMILES string of the molecule is O=CCCc1ccc(C2CC2)c(Br)c1. The lowest BCUT2D eigenvalue weighted by atomic mass is 10.1. The zero-order valence-electron chi connectivity index (χ0n) is 8.00. The molecule has 0 atom stereocenters. The number of benzene rings is 1. The van der Waals surface area contributed by atoms with Gasteiger partial charge in [0.25, 0.3) is 0 Å². The molecule has 1 aromatic carbocycles. The summed E-state index contributed by atoms with van der Waals surface area (Å²) in [7, 11) is 0. The Labute approximate surface area is 92.6 Å². The molecule has 1 fully saturated rings. The average molecular weight is 253 g/mol. The van der Waals surface area contributed by atoms with Crippen LogP contribution in [0.5, 0.6) is 0 Å². The molecule has 0 unspecified atom stereocenters. The van der Waals surface area contributed by atoms with Gasteiger partial charge in [0.2, 0.25) is 0 Å². The Kier molecular flexibility index (Phi) is 3.02. The van der Waals surface area contributed by atoms with Crippen LogP contribution in [-0.2, 0) is 11.2 Å². The van der Waals surface area contributed by atoms with Crippen LogP contribution in [0.1, 0.15) is 36.3 Å². The van der Waals surface area contributed by atoms with Crippen molar-refractivity contribution in [1.82, 2.24) is 0 Å². The van der Waals surface area contributed by atoms with Gasteiger partial charge < -0.3 is 4.79 Å². The van der Waals surface area contributed by atoms with Gasteiger partial charge in [0.15, 0.2) is 0 Å². The van der Waals surface area contributed by atoms with Gasteiger partial charge in [-0.05, 0) is 42.4 Å². The predicted octanol–water partition coefficient (Wildman–Crippen LogP) is 3.46. The van der Waals surface area contributed by atoms with E-state index in [1.165, 1.54) is 28.4 Å². The molecule has 0 amide bonds. The molecule has 0 aromatic heterocycles. The second-order valence-electron chi connectivity index (χ2n) is 3.84. The van der Waals surface area contributed by atoms with Crippen molar-refractivity contribution in [3.63, 3.8) is 0 Å². The van der Waals surface area contributed by atoms with Gasteiger partial charge in [-0.1, -0.05) is 28.1 Å². The fraction of sp³-hybridized carbons (Fsp3) is 0.417. The molecular formula is C12H13BrO. The van der Waals surface area contributed by atoms with Crippen LogP contribution in [0.4, 0.5) is 0 Å². The lowest BCUT2D eigenvalue weighted by Gasteiger charge is -2.04. The molecule has 1 aromatic rings. The standard InChI is InChI=1S/C12H13BrO/c13-12-8-9(2-1-7-14)3-6-11(12)10-4-5-10/h3,6-8,10H,1-2,4-5H2. The molecule has 0 spiro atoms. The van der Waals surface area contributed by atoms with Gasteiger partial charge in [-0.25, -0.2) is 0 Å². The Balaban J connectivity index is 2.12. The van der Waals surface area contributed by atoms with Gasteiger partial charge in [-0.3, -0.25) is 0 Å². The lowest BCUT2D eigenvalue weighted by Crippen LogP contribution is -1.89. The van der Waals surface area contributed by atoms with Crippen molar-refractivity contribution < 1.29 is 4.79 Å². The molecule has 74 valence electrons. The Morgan fingerprint density at radius 3 is 2.79 bits per heavy atom. The molecule has 0 aliphatic heterocycles. The van der Waals surface area contributed by atoms with Crippen LogP contribution in [0.25, 0.3) is 0 Å². The topological polar surface area (TPSA) is 17.1 Å². The molecule has 1 saturated carbocycles. The van der Waals surface area contributed by atoms with E-state index in [9.17, 15) is 4.79 Å². The number of carbonyl (C=O) groups is 1. The second kappa shape index (κ2) is 4.26. The summed E-state index contributed by atoms with van der Waals surface area (Å²) >= 11 is 3.59. The number of hydrogen-bond donors (Lipinski definition) is 0. The fourth-order valence-corrected chi connectivity index (χ4v) is 2.43. The smallest absolute Gasteiger partial charge is 0.120 e. The number of aryl methyl sites for hydroxylation is 1. The normalized spacial score (nSPS) is 15.5. The maximum absolute atomic E-state index is 10.2. The molecule has 14 heavy (non-hydrogen) atoms. The third-order valence-corrected chi connectivity index (χ3v) is 3.32. The predicted molar refractivity (Wildman–Crippen MR) is 60.5 cm³/mol. The Morgan fingerprint density at radius 2 is 2.21 bits per heavy atom. The van der Waals surface area contributed by atoms with Gasteiger partial charge in [-0.2, -0.15) is 0 Å². The minimum absolute atomic E-state index is 0.620. The van der Waals surface area contributed by atoms with Crippen molar-refractivity contribution in [2.24, 2.45) is 0 Å². The van der Waals surface area contributed by atoms with Gasteiger partial charge in [0.1, 0.15) is 6.29 Å². The summed E-state index contributed by atoms with van der Waals surface area (Å²) in [5, 5.41) is 0. The summed E-state index contributed by atoms with van der Waals surface area (Å²) in [6.07, 6.45) is 5.10. The number of carbonyl (C=O) groups excluding carboxylic acids is 1. The number of aldehydes is 1. The van der Waals surface area contributed by atoms with Crippen LogP contribution < -0.4 is 0 Å². The minimum Gasteiger partial charge on any atom is -0.303 e. The van der Waals surface area contributed by atoms with Crippen LogP contribution in [-0.4, -0.2) is 6.29 Å².